The first-order valence-corrected chi connectivity index (χ1v) is 12.1. The number of fused-ring (bicyclic) bond motifs is 1. The molecule has 1 aromatic heterocycles. The van der Waals surface area contributed by atoms with Crippen molar-refractivity contribution in [2.24, 2.45) is 0 Å². The summed E-state index contributed by atoms with van der Waals surface area (Å²) in [7, 11) is -4.24. The van der Waals surface area contributed by atoms with Crippen LogP contribution in [0.3, 0.4) is 0 Å². The third kappa shape index (κ3) is 4.04. The lowest BCUT2D eigenvalue weighted by atomic mass is 10.1. The smallest absolute Gasteiger partial charge is 0.238 e. The Kier molecular flexibility index (Phi) is 6.07. The first kappa shape index (κ1) is 23.1. The van der Waals surface area contributed by atoms with E-state index in [-0.39, 0.29) is 35.9 Å². The molecule has 4 rings (SSSR count). The summed E-state index contributed by atoms with van der Waals surface area (Å²) in [4.78, 5) is 0. The zero-order valence-corrected chi connectivity index (χ0v) is 19.3. The molecular formula is C20H18F3IN2O5S. The number of aliphatic hydroxyl groups is 2. The van der Waals surface area contributed by atoms with Crippen molar-refractivity contribution in [1.82, 2.24) is 0 Å². The van der Waals surface area contributed by atoms with Gasteiger partial charge in [0.15, 0.2) is 17.2 Å². The van der Waals surface area contributed by atoms with Gasteiger partial charge in [0.05, 0.1) is 34.8 Å². The fraction of sp³-hybridized carbons (Fsp3) is 0.300. The highest BCUT2D eigenvalue weighted by atomic mass is 127. The summed E-state index contributed by atoms with van der Waals surface area (Å²) in [5.74, 6) is -3.47. The second-order valence-electron chi connectivity index (χ2n) is 7.62. The Hall–Kier alpha value is -2.03. The van der Waals surface area contributed by atoms with Crippen LogP contribution < -0.4 is 10.0 Å². The van der Waals surface area contributed by atoms with E-state index in [0.29, 0.717) is 3.57 Å². The van der Waals surface area contributed by atoms with Gasteiger partial charge in [0, 0.05) is 3.57 Å². The predicted octanol–water partition coefficient (Wildman–Crippen LogP) is 4.22. The van der Waals surface area contributed by atoms with E-state index in [0.717, 1.165) is 12.3 Å². The fourth-order valence-electron chi connectivity index (χ4n) is 3.53. The van der Waals surface area contributed by atoms with Crippen LogP contribution >= 0.6 is 22.6 Å². The molecule has 1 unspecified atom stereocenters. The third-order valence-corrected chi connectivity index (χ3v) is 8.27. The Morgan fingerprint density at radius 3 is 2.50 bits per heavy atom. The van der Waals surface area contributed by atoms with Gasteiger partial charge in [0.1, 0.15) is 17.2 Å². The normalized spacial score (nSPS) is 16.2. The zero-order chi connectivity index (χ0) is 23.3. The standard InChI is InChI=1S/C20H18F3IN2O5S/c21-13-7-10(24)1-2-14(13)25-17-16(23)15(22)12-3-6-31-19(12)18(17)26-32(29,30)20(4-5-20)8-11(28)9-27/h1-3,6-7,11,25-28H,4-5,8-9H2. The van der Waals surface area contributed by atoms with E-state index in [1.54, 1.807) is 0 Å². The van der Waals surface area contributed by atoms with Gasteiger partial charge in [-0.2, -0.15) is 0 Å². The summed E-state index contributed by atoms with van der Waals surface area (Å²) in [5, 5.41) is 21.0. The monoisotopic (exact) mass is 582 g/mol. The molecule has 1 atom stereocenters. The van der Waals surface area contributed by atoms with Gasteiger partial charge in [0.2, 0.25) is 10.0 Å². The Morgan fingerprint density at radius 1 is 1.16 bits per heavy atom. The second-order valence-corrected chi connectivity index (χ2v) is 10.9. The third-order valence-electron chi connectivity index (χ3n) is 5.41. The van der Waals surface area contributed by atoms with Crippen molar-refractivity contribution in [1.29, 1.82) is 0 Å². The lowest BCUT2D eigenvalue weighted by Crippen LogP contribution is -2.34. The van der Waals surface area contributed by atoms with Crippen molar-refractivity contribution in [3.05, 3.63) is 51.6 Å². The molecule has 7 nitrogen and oxygen atoms in total. The molecule has 2 aromatic carbocycles. The molecule has 1 fully saturated rings. The summed E-state index contributed by atoms with van der Waals surface area (Å²) in [5.41, 5.74) is -1.55. The van der Waals surface area contributed by atoms with Crippen LogP contribution in [0.25, 0.3) is 11.0 Å². The van der Waals surface area contributed by atoms with Crippen molar-refractivity contribution in [2.45, 2.75) is 30.1 Å². The van der Waals surface area contributed by atoms with Crippen molar-refractivity contribution in [2.75, 3.05) is 16.6 Å². The van der Waals surface area contributed by atoms with E-state index in [4.69, 9.17) is 9.52 Å². The van der Waals surface area contributed by atoms with E-state index in [1.165, 1.54) is 18.2 Å². The fourth-order valence-corrected chi connectivity index (χ4v) is 5.71. The molecule has 0 aliphatic heterocycles. The number of sulfonamides is 1. The number of benzene rings is 2. The molecule has 0 amide bonds. The summed E-state index contributed by atoms with van der Waals surface area (Å²) < 4.78 is 77.0. The molecule has 172 valence electrons. The van der Waals surface area contributed by atoms with Crippen LogP contribution in [0.2, 0.25) is 0 Å². The Labute approximate surface area is 194 Å². The average molecular weight is 582 g/mol. The molecule has 4 N–H and O–H groups in total. The van der Waals surface area contributed by atoms with Gasteiger partial charge in [-0.1, -0.05) is 0 Å². The Morgan fingerprint density at radius 2 is 1.88 bits per heavy atom. The molecule has 32 heavy (non-hydrogen) atoms. The molecule has 0 bridgehead atoms. The molecule has 1 heterocycles. The van der Waals surface area contributed by atoms with Crippen molar-refractivity contribution in [3.63, 3.8) is 0 Å². The first-order chi connectivity index (χ1) is 15.1. The zero-order valence-electron chi connectivity index (χ0n) is 16.3. The van der Waals surface area contributed by atoms with Crippen LogP contribution in [-0.4, -0.2) is 36.1 Å². The summed E-state index contributed by atoms with van der Waals surface area (Å²) in [6, 6.07) is 5.15. The largest absolute Gasteiger partial charge is 0.462 e. The van der Waals surface area contributed by atoms with Gasteiger partial charge in [0.25, 0.3) is 0 Å². The van der Waals surface area contributed by atoms with Gasteiger partial charge in [-0.25, -0.2) is 21.6 Å². The Balaban J connectivity index is 1.82. The van der Waals surface area contributed by atoms with E-state index >= 15 is 4.39 Å². The molecule has 0 radical (unpaired) electrons. The van der Waals surface area contributed by atoms with Gasteiger partial charge in [-0.3, -0.25) is 4.72 Å². The van der Waals surface area contributed by atoms with Crippen molar-refractivity contribution >= 4 is 60.6 Å². The maximum atomic E-state index is 15.0. The molecule has 0 saturated heterocycles. The SMILES string of the molecule is O=S(=O)(Nc1c(Nc2ccc(I)cc2F)c(F)c(F)c2ccoc12)C1(CC(O)CO)CC1. The summed E-state index contributed by atoms with van der Waals surface area (Å²) in [6.07, 6.45) is -0.0141. The lowest BCUT2D eigenvalue weighted by Gasteiger charge is -2.22. The Bertz CT molecular complexity index is 1290. The minimum Gasteiger partial charge on any atom is -0.462 e. The number of anilines is 3. The number of hydrogen-bond acceptors (Lipinski definition) is 6. The van der Waals surface area contributed by atoms with Crippen LogP contribution in [0.5, 0.6) is 0 Å². The average Bonchev–Trinajstić information content (AvgIpc) is 3.36. The number of furan rings is 1. The van der Waals surface area contributed by atoms with Gasteiger partial charge < -0.3 is 19.9 Å². The van der Waals surface area contributed by atoms with E-state index in [1.807, 2.05) is 22.6 Å². The highest BCUT2D eigenvalue weighted by Crippen LogP contribution is 2.49. The van der Waals surface area contributed by atoms with Gasteiger partial charge >= 0.3 is 0 Å². The highest BCUT2D eigenvalue weighted by molar-refractivity contribution is 14.1. The van der Waals surface area contributed by atoms with Crippen LogP contribution in [0.15, 0.2) is 34.9 Å². The number of rotatable bonds is 8. The summed E-state index contributed by atoms with van der Waals surface area (Å²) in [6.45, 7) is -0.621. The number of aliphatic hydroxyl groups excluding tert-OH is 2. The maximum absolute atomic E-state index is 15.0. The van der Waals surface area contributed by atoms with E-state index < -0.39 is 56.3 Å². The number of hydrogen-bond donors (Lipinski definition) is 4. The molecule has 0 spiro atoms. The van der Waals surface area contributed by atoms with E-state index in [2.05, 4.69) is 10.0 Å². The molecule has 1 saturated carbocycles. The van der Waals surface area contributed by atoms with Gasteiger partial charge in [-0.15, -0.1) is 0 Å². The molecule has 3 aromatic rings. The minimum absolute atomic E-state index is 0.202. The van der Waals surface area contributed by atoms with E-state index in [9.17, 15) is 22.3 Å². The number of halogens is 4. The topological polar surface area (TPSA) is 112 Å². The molecule has 12 heteroatoms. The van der Waals surface area contributed by atoms with Crippen LogP contribution in [0.1, 0.15) is 19.3 Å². The molecule has 1 aliphatic rings. The quantitative estimate of drug-likeness (QED) is 0.296. The molecular weight excluding hydrogens is 564 g/mol. The van der Waals surface area contributed by atoms with Crippen molar-refractivity contribution < 1.29 is 36.2 Å². The van der Waals surface area contributed by atoms with Crippen LogP contribution in [0, 0.1) is 21.0 Å². The highest BCUT2D eigenvalue weighted by Gasteiger charge is 2.55. The number of nitrogens with one attached hydrogen (secondary N) is 2. The van der Waals surface area contributed by atoms with Crippen molar-refractivity contribution in [3.8, 4) is 0 Å². The molecule has 1 aliphatic carbocycles. The summed E-state index contributed by atoms with van der Waals surface area (Å²) >= 11 is 1.88. The predicted molar refractivity (Wildman–Crippen MR) is 121 cm³/mol. The van der Waals surface area contributed by atoms with Gasteiger partial charge in [-0.05, 0) is 66.1 Å². The maximum Gasteiger partial charge on any atom is 0.238 e. The first-order valence-electron chi connectivity index (χ1n) is 9.50. The van der Waals surface area contributed by atoms with Crippen LogP contribution in [-0.2, 0) is 10.0 Å². The minimum atomic E-state index is -4.24. The second kappa shape index (κ2) is 8.39. The van der Waals surface area contributed by atoms with Crippen LogP contribution in [0.4, 0.5) is 30.2 Å². The lowest BCUT2D eigenvalue weighted by molar-refractivity contribution is 0.0858.